The molecular weight excluding hydrogens is 352 g/mol. The lowest BCUT2D eigenvalue weighted by Gasteiger charge is -2.26. The summed E-state index contributed by atoms with van der Waals surface area (Å²) in [4.78, 5) is 4.49. The highest BCUT2D eigenvalue weighted by Gasteiger charge is 2.25. The molecule has 1 atom stereocenters. The summed E-state index contributed by atoms with van der Waals surface area (Å²) in [6.45, 7) is 5.10. The fraction of sp³-hybridized carbons (Fsp3) is 0.667. The highest BCUT2D eigenvalue weighted by Crippen LogP contribution is 2.18. The molecule has 1 aromatic carbocycles. The van der Waals surface area contributed by atoms with E-state index in [1.54, 1.807) is 5.01 Å². The Labute approximate surface area is 169 Å². The molecule has 1 unspecified atom stereocenters. The van der Waals surface area contributed by atoms with Crippen LogP contribution in [0.2, 0.25) is 0 Å². The first-order valence-corrected chi connectivity index (χ1v) is 10.7. The number of hydrogen-bond donors (Lipinski definition) is 2. The van der Waals surface area contributed by atoms with Crippen LogP contribution in [0.1, 0.15) is 50.5 Å². The van der Waals surface area contributed by atoms with Crippen molar-refractivity contribution in [2.45, 2.75) is 57.8 Å². The van der Waals surface area contributed by atoms with Crippen LogP contribution < -0.4 is 16.2 Å². The van der Waals surface area contributed by atoms with Gasteiger partial charge in [0.2, 0.25) is 5.96 Å². The van der Waals surface area contributed by atoms with Crippen LogP contribution in [0, 0.1) is 0 Å². The average molecular weight is 389 g/mol. The number of ether oxygens (including phenoxy) is 1. The minimum Gasteiger partial charge on any atom is -0.494 e. The third kappa shape index (κ3) is 6.01. The van der Waals surface area contributed by atoms with Gasteiger partial charge in [0.1, 0.15) is 5.75 Å². The summed E-state index contributed by atoms with van der Waals surface area (Å²) in [7, 11) is 1.84. The third-order valence-corrected chi connectivity index (χ3v) is 5.57. The fourth-order valence-electron chi connectivity index (χ4n) is 3.90. The molecule has 1 saturated heterocycles. The Balaban J connectivity index is 1.28. The molecule has 2 aliphatic rings. The van der Waals surface area contributed by atoms with Crippen molar-refractivity contribution in [3.8, 4) is 5.75 Å². The number of nitrogens with two attached hydrogens (primary N) is 2. The number of hydrazone groups is 1. The van der Waals surface area contributed by atoms with Crippen molar-refractivity contribution in [2.24, 2.45) is 16.6 Å². The zero-order chi connectivity index (χ0) is 19.8. The predicted molar refractivity (Wildman–Crippen MR) is 114 cm³/mol. The number of benzene rings is 1. The average Bonchev–Trinajstić information content (AvgIpc) is 2.94. The van der Waals surface area contributed by atoms with Gasteiger partial charge in [0.05, 0.1) is 6.61 Å². The lowest BCUT2D eigenvalue weighted by Crippen LogP contribution is -2.49. The maximum absolute atomic E-state index is 6.05. The van der Waals surface area contributed by atoms with Gasteiger partial charge in [-0.2, -0.15) is 0 Å². The molecule has 0 bridgehead atoms. The van der Waals surface area contributed by atoms with Crippen molar-refractivity contribution in [3.63, 3.8) is 0 Å². The van der Waals surface area contributed by atoms with Gasteiger partial charge in [-0.05, 0) is 56.5 Å². The van der Waals surface area contributed by atoms with Crippen LogP contribution in [-0.4, -0.2) is 60.3 Å². The minimum atomic E-state index is -0.236. The van der Waals surface area contributed by atoms with Crippen molar-refractivity contribution < 1.29 is 4.74 Å². The summed E-state index contributed by atoms with van der Waals surface area (Å²) >= 11 is 0. The molecule has 2 aliphatic heterocycles. The van der Waals surface area contributed by atoms with Crippen LogP contribution in [0.3, 0.4) is 0 Å². The second-order valence-corrected chi connectivity index (χ2v) is 7.89. The number of piperidine rings is 1. The van der Waals surface area contributed by atoms with Gasteiger partial charge in [0, 0.05) is 20.1 Å². The summed E-state index contributed by atoms with van der Waals surface area (Å²) in [5, 5.41) is 5.86. The molecule has 2 heterocycles. The smallest absolute Gasteiger partial charge is 0.216 e. The van der Waals surface area contributed by atoms with Gasteiger partial charge in [0.15, 0.2) is 6.29 Å². The molecule has 4 N–H and O–H groups in total. The van der Waals surface area contributed by atoms with Crippen LogP contribution in [-0.2, 0) is 6.54 Å². The van der Waals surface area contributed by atoms with Crippen molar-refractivity contribution in [1.29, 1.82) is 0 Å². The zero-order valence-electron chi connectivity index (χ0n) is 17.2. The first-order chi connectivity index (χ1) is 13.6. The van der Waals surface area contributed by atoms with Crippen LogP contribution in [0.15, 0.2) is 29.4 Å². The quantitative estimate of drug-likeness (QED) is 0.599. The molecule has 1 aromatic rings. The Morgan fingerprint density at radius 1 is 1.11 bits per heavy atom. The van der Waals surface area contributed by atoms with E-state index in [0.717, 1.165) is 51.1 Å². The molecule has 0 aliphatic carbocycles. The largest absolute Gasteiger partial charge is 0.494 e. The molecule has 7 heteroatoms. The molecular formula is C21H36N6O. The lowest BCUT2D eigenvalue weighted by molar-refractivity contribution is 0.163. The standard InChI is InChI=1S/C21H36N6O/c1-25-21(23)27(20(22)24-25)14-7-2-3-8-15-28-19-11-9-10-18(16-19)17-26-12-5-4-6-13-26/h9-11,16,21H,2-8,12-15,17,23H2,1H3,(H2,22,24). The SMILES string of the molecule is CN1N=C(N)N(CCCCCCOc2cccc(CN3CCCCC3)c2)C1N. The van der Waals surface area contributed by atoms with Gasteiger partial charge in [0.25, 0.3) is 0 Å². The van der Waals surface area contributed by atoms with Gasteiger partial charge < -0.3 is 15.4 Å². The van der Waals surface area contributed by atoms with E-state index in [2.05, 4.69) is 34.3 Å². The molecule has 3 rings (SSSR count). The van der Waals surface area contributed by atoms with Crippen molar-refractivity contribution >= 4 is 5.96 Å². The van der Waals surface area contributed by atoms with Crippen LogP contribution in [0.4, 0.5) is 0 Å². The lowest BCUT2D eigenvalue weighted by atomic mass is 10.1. The summed E-state index contributed by atoms with van der Waals surface area (Å²) in [6.07, 6.45) is 8.20. The number of unbranched alkanes of at least 4 members (excludes halogenated alkanes) is 3. The van der Waals surface area contributed by atoms with E-state index in [-0.39, 0.29) is 6.29 Å². The number of hydrogen-bond acceptors (Lipinski definition) is 7. The molecule has 0 saturated carbocycles. The van der Waals surface area contributed by atoms with Crippen LogP contribution in [0.5, 0.6) is 5.75 Å². The van der Waals surface area contributed by atoms with E-state index in [4.69, 9.17) is 16.2 Å². The summed E-state index contributed by atoms with van der Waals surface area (Å²) in [6, 6.07) is 8.57. The maximum Gasteiger partial charge on any atom is 0.216 e. The Bertz CT molecular complexity index is 631. The van der Waals surface area contributed by atoms with Gasteiger partial charge in [-0.25, -0.2) is 0 Å². The Morgan fingerprint density at radius 3 is 2.64 bits per heavy atom. The van der Waals surface area contributed by atoms with E-state index >= 15 is 0 Å². The van der Waals surface area contributed by atoms with E-state index in [0.29, 0.717) is 5.96 Å². The molecule has 7 nitrogen and oxygen atoms in total. The normalized spacial score (nSPS) is 20.5. The van der Waals surface area contributed by atoms with Crippen molar-refractivity contribution in [3.05, 3.63) is 29.8 Å². The van der Waals surface area contributed by atoms with Gasteiger partial charge in [-0.1, -0.05) is 31.4 Å². The van der Waals surface area contributed by atoms with E-state index < -0.39 is 0 Å². The number of rotatable bonds is 10. The Hall–Kier alpha value is -1.99. The molecule has 0 spiro atoms. The molecule has 0 aromatic heterocycles. The van der Waals surface area contributed by atoms with Crippen molar-refractivity contribution in [1.82, 2.24) is 14.8 Å². The molecule has 1 fully saturated rings. The summed E-state index contributed by atoms with van der Waals surface area (Å²) in [5.74, 6) is 1.51. The van der Waals surface area contributed by atoms with Crippen LogP contribution in [0.25, 0.3) is 0 Å². The third-order valence-electron chi connectivity index (χ3n) is 5.57. The Morgan fingerprint density at radius 2 is 1.89 bits per heavy atom. The second kappa shape index (κ2) is 10.5. The number of likely N-dealkylation sites (tertiary alicyclic amines) is 1. The fourth-order valence-corrected chi connectivity index (χ4v) is 3.90. The van der Waals surface area contributed by atoms with E-state index in [9.17, 15) is 0 Å². The number of guanidine groups is 1. The first-order valence-electron chi connectivity index (χ1n) is 10.7. The van der Waals surface area contributed by atoms with Crippen molar-refractivity contribution in [2.75, 3.05) is 33.3 Å². The molecule has 28 heavy (non-hydrogen) atoms. The second-order valence-electron chi connectivity index (χ2n) is 7.89. The monoisotopic (exact) mass is 388 g/mol. The molecule has 156 valence electrons. The Kier molecular flexibility index (Phi) is 7.80. The van der Waals surface area contributed by atoms with E-state index in [1.807, 2.05) is 11.9 Å². The summed E-state index contributed by atoms with van der Waals surface area (Å²) in [5.41, 5.74) is 13.3. The van der Waals surface area contributed by atoms with Crippen LogP contribution >= 0.6 is 0 Å². The topological polar surface area (TPSA) is 83.4 Å². The highest BCUT2D eigenvalue weighted by molar-refractivity contribution is 5.79. The molecule has 0 amide bonds. The predicted octanol–water partition coefficient (Wildman–Crippen LogP) is 2.33. The number of nitrogens with zero attached hydrogens (tertiary/aromatic N) is 4. The van der Waals surface area contributed by atoms with Gasteiger partial charge in [-0.15, -0.1) is 5.10 Å². The maximum atomic E-state index is 6.05. The van der Waals surface area contributed by atoms with E-state index in [1.165, 1.54) is 37.9 Å². The van der Waals surface area contributed by atoms with Gasteiger partial charge in [-0.3, -0.25) is 15.6 Å². The minimum absolute atomic E-state index is 0.236. The summed E-state index contributed by atoms with van der Waals surface area (Å²) < 4.78 is 5.97. The first kappa shape index (κ1) is 20.7. The highest BCUT2D eigenvalue weighted by atomic mass is 16.5. The zero-order valence-corrected chi connectivity index (χ0v) is 17.2. The molecule has 0 radical (unpaired) electrons. The van der Waals surface area contributed by atoms with Gasteiger partial charge >= 0.3 is 0 Å².